The number of aromatic nitrogens is 2. The van der Waals surface area contributed by atoms with Crippen molar-refractivity contribution in [1.82, 2.24) is 31.2 Å². The van der Waals surface area contributed by atoms with Crippen molar-refractivity contribution >= 4 is 11.8 Å². The first-order valence-electron chi connectivity index (χ1n) is 8.70. The molecule has 8 heteroatoms. The Morgan fingerprint density at radius 1 is 1.08 bits per heavy atom. The molecule has 0 radical (unpaired) electrons. The van der Waals surface area contributed by atoms with Gasteiger partial charge in [-0.05, 0) is 12.8 Å². The summed E-state index contributed by atoms with van der Waals surface area (Å²) in [5.41, 5.74) is 2.04. The van der Waals surface area contributed by atoms with Crippen molar-refractivity contribution in [1.29, 1.82) is 0 Å². The first kappa shape index (κ1) is 20.5. The molecule has 0 saturated heterocycles. The number of nitrogens with one attached hydrogen (secondary N) is 5. The van der Waals surface area contributed by atoms with E-state index in [-0.39, 0.29) is 11.8 Å². The molecule has 0 bridgehead atoms. The summed E-state index contributed by atoms with van der Waals surface area (Å²) in [4.78, 5) is 30.4. The van der Waals surface area contributed by atoms with Gasteiger partial charge >= 0.3 is 0 Å². The standard InChI is InChI=1S/C17H30N6O2/c1-18-11-14(19-2)7-9-21-16(24)5-3-4-6-17(25)22-10-8-15-12-20-13-23-15/h11-13,18-19H,3-10H2,1-2H3,(H,20,23)(H,21,24)(H,22,25)/b14-11-. The summed E-state index contributed by atoms with van der Waals surface area (Å²) in [6.45, 7) is 1.19. The molecule has 25 heavy (non-hydrogen) atoms. The molecule has 0 saturated carbocycles. The van der Waals surface area contributed by atoms with Crippen LogP contribution < -0.4 is 21.3 Å². The summed E-state index contributed by atoms with van der Waals surface area (Å²) in [6.07, 6.45) is 9.06. The lowest BCUT2D eigenvalue weighted by Gasteiger charge is -2.08. The van der Waals surface area contributed by atoms with Gasteiger partial charge in [0.15, 0.2) is 0 Å². The van der Waals surface area contributed by atoms with Gasteiger partial charge in [-0.2, -0.15) is 0 Å². The van der Waals surface area contributed by atoms with Crippen LogP contribution in [0.15, 0.2) is 24.4 Å². The van der Waals surface area contributed by atoms with Crippen LogP contribution in [0.25, 0.3) is 0 Å². The molecule has 0 spiro atoms. The van der Waals surface area contributed by atoms with Crippen molar-refractivity contribution in [2.45, 2.75) is 38.5 Å². The lowest BCUT2D eigenvalue weighted by Crippen LogP contribution is -2.27. The molecule has 8 nitrogen and oxygen atoms in total. The van der Waals surface area contributed by atoms with E-state index in [1.165, 1.54) is 0 Å². The van der Waals surface area contributed by atoms with Crippen LogP contribution in [0.4, 0.5) is 0 Å². The molecule has 1 aromatic heterocycles. The fourth-order valence-corrected chi connectivity index (χ4v) is 2.29. The van der Waals surface area contributed by atoms with E-state index in [0.29, 0.717) is 38.8 Å². The van der Waals surface area contributed by atoms with Crippen molar-refractivity contribution in [2.75, 3.05) is 27.2 Å². The maximum atomic E-state index is 11.7. The Balaban J connectivity index is 1.99. The molecular weight excluding hydrogens is 320 g/mol. The Labute approximate surface area is 149 Å². The zero-order valence-corrected chi connectivity index (χ0v) is 15.2. The number of nitrogens with zero attached hydrogens (tertiary/aromatic N) is 1. The lowest BCUT2D eigenvalue weighted by atomic mass is 10.1. The second kappa shape index (κ2) is 12.9. The highest BCUT2D eigenvalue weighted by atomic mass is 16.2. The number of imidazole rings is 1. The summed E-state index contributed by atoms with van der Waals surface area (Å²) in [6, 6.07) is 0. The molecule has 0 aromatic carbocycles. The summed E-state index contributed by atoms with van der Waals surface area (Å²) >= 11 is 0. The average Bonchev–Trinajstić information content (AvgIpc) is 3.11. The van der Waals surface area contributed by atoms with Gasteiger partial charge in [0.25, 0.3) is 0 Å². The third-order valence-electron chi connectivity index (χ3n) is 3.69. The molecule has 0 aliphatic carbocycles. The van der Waals surface area contributed by atoms with E-state index in [1.807, 2.05) is 20.3 Å². The number of amides is 2. The van der Waals surface area contributed by atoms with E-state index in [2.05, 4.69) is 31.2 Å². The first-order valence-corrected chi connectivity index (χ1v) is 8.70. The Morgan fingerprint density at radius 3 is 2.32 bits per heavy atom. The molecule has 1 aromatic rings. The van der Waals surface area contributed by atoms with Crippen LogP contribution in [0.2, 0.25) is 0 Å². The smallest absolute Gasteiger partial charge is 0.220 e. The summed E-state index contributed by atoms with van der Waals surface area (Å²) < 4.78 is 0. The van der Waals surface area contributed by atoms with E-state index in [9.17, 15) is 9.59 Å². The summed E-state index contributed by atoms with van der Waals surface area (Å²) in [7, 11) is 3.69. The van der Waals surface area contributed by atoms with Crippen molar-refractivity contribution in [3.8, 4) is 0 Å². The van der Waals surface area contributed by atoms with Crippen LogP contribution in [0.1, 0.15) is 37.8 Å². The molecular formula is C17H30N6O2. The van der Waals surface area contributed by atoms with Gasteiger partial charge in [0.2, 0.25) is 11.8 Å². The number of carbonyl (C=O) groups is 2. The van der Waals surface area contributed by atoms with Crippen molar-refractivity contribution in [3.05, 3.63) is 30.1 Å². The summed E-state index contributed by atoms with van der Waals surface area (Å²) in [5, 5.41) is 11.8. The van der Waals surface area contributed by atoms with Gasteiger partial charge in [-0.15, -0.1) is 0 Å². The van der Waals surface area contributed by atoms with Gasteiger partial charge < -0.3 is 26.3 Å². The zero-order valence-electron chi connectivity index (χ0n) is 15.2. The topological polar surface area (TPSA) is 111 Å². The Kier molecular flexibility index (Phi) is 10.6. The van der Waals surface area contributed by atoms with Crippen LogP contribution >= 0.6 is 0 Å². The van der Waals surface area contributed by atoms with Crippen LogP contribution in [0.5, 0.6) is 0 Å². The minimum atomic E-state index is 0.0239. The Morgan fingerprint density at radius 2 is 1.76 bits per heavy atom. The van der Waals surface area contributed by atoms with Gasteiger partial charge in [0, 0.05) is 76.7 Å². The maximum Gasteiger partial charge on any atom is 0.220 e. The Hall–Kier alpha value is -2.51. The van der Waals surface area contributed by atoms with E-state index in [4.69, 9.17) is 0 Å². The minimum absolute atomic E-state index is 0.0239. The zero-order chi connectivity index (χ0) is 18.3. The average molecular weight is 350 g/mol. The highest BCUT2D eigenvalue weighted by Gasteiger charge is 2.04. The van der Waals surface area contributed by atoms with Crippen LogP contribution in [-0.4, -0.2) is 49.0 Å². The van der Waals surface area contributed by atoms with Gasteiger partial charge in [-0.1, -0.05) is 0 Å². The third-order valence-corrected chi connectivity index (χ3v) is 3.69. The van der Waals surface area contributed by atoms with Crippen molar-refractivity contribution < 1.29 is 9.59 Å². The highest BCUT2D eigenvalue weighted by molar-refractivity contribution is 5.77. The molecule has 0 fully saturated rings. The molecule has 5 N–H and O–H groups in total. The molecule has 0 unspecified atom stereocenters. The molecule has 2 amide bonds. The molecule has 0 aliphatic heterocycles. The van der Waals surface area contributed by atoms with E-state index < -0.39 is 0 Å². The minimum Gasteiger partial charge on any atom is -0.393 e. The number of unbranched alkanes of at least 4 members (excludes halogenated alkanes) is 1. The molecule has 0 atom stereocenters. The fraction of sp³-hybridized carbons (Fsp3) is 0.588. The highest BCUT2D eigenvalue weighted by Crippen LogP contribution is 2.01. The quantitative estimate of drug-likeness (QED) is 0.331. The molecule has 1 rings (SSSR count). The van der Waals surface area contributed by atoms with Gasteiger partial charge in [0.1, 0.15) is 0 Å². The van der Waals surface area contributed by atoms with Crippen molar-refractivity contribution in [3.63, 3.8) is 0 Å². The monoisotopic (exact) mass is 350 g/mol. The van der Waals surface area contributed by atoms with Crippen molar-refractivity contribution in [2.24, 2.45) is 0 Å². The van der Waals surface area contributed by atoms with Gasteiger partial charge in [0.05, 0.1) is 6.33 Å². The maximum absolute atomic E-state index is 11.7. The molecule has 140 valence electrons. The number of hydrogen-bond acceptors (Lipinski definition) is 5. The summed E-state index contributed by atoms with van der Waals surface area (Å²) in [5.74, 6) is 0.0513. The number of aromatic amines is 1. The Bertz CT molecular complexity index is 527. The van der Waals surface area contributed by atoms with Crippen LogP contribution in [0, 0.1) is 0 Å². The van der Waals surface area contributed by atoms with E-state index in [0.717, 1.165) is 24.2 Å². The third kappa shape index (κ3) is 10.1. The predicted molar refractivity (Wildman–Crippen MR) is 97.6 cm³/mol. The number of H-pyrrole nitrogens is 1. The van der Waals surface area contributed by atoms with E-state index in [1.54, 1.807) is 12.5 Å². The second-order valence-electron chi connectivity index (χ2n) is 5.69. The SMILES string of the molecule is CN/C=C(/CCNC(=O)CCCCC(=O)NCCc1cnc[nH]1)NC. The normalized spacial score (nSPS) is 11.0. The molecule has 1 heterocycles. The number of carbonyl (C=O) groups excluding carboxylic acids is 2. The number of hydrogen-bond donors (Lipinski definition) is 5. The predicted octanol–water partition coefficient (Wildman–Crippen LogP) is 0.415. The lowest BCUT2D eigenvalue weighted by molar-refractivity contribution is -0.123. The van der Waals surface area contributed by atoms with Gasteiger partial charge in [-0.3, -0.25) is 9.59 Å². The second-order valence-corrected chi connectivity index (χ2v) is 5.69. The number of rotatable bonds is 13. The largest absolute Gasteiger partial charge is 0.393 e. The van der Waals surface area contributed by atoms with E-state index >= 15 is 0 Å². The van der Waals surface area contributed by atoms with Crippen LogP contribution in [-0.2, 0) is 16.0 Å². The molecule has 0 aliphatic rings. The fourth-order valence-electron chi connectivity index (χ4n) is 2.29. The van der Waals surface area contributed by atoms with Gasteiger partial charge in [-0.25, -0.2) is 4.98 Å². The first-order chi connectivity index (χ1) is 12.2. The van der Waals surface area contributed by atoms with Crippen LogP contribution in [0.3, 0.4) is 0 Å².